The summed E-state index contributed by atoms with van der Waals surface area (Å²) in [6.07, 6.45) is 0. The molecule has 0 unspecified atom stereocenters. The van der Waals surface area contributed by atoms with E-state index in [1.807, 2.05) is 13.0 Å². The van der Waals surface area contributed by atoms with E-state index in [0.717, 1.165) is 35.4 Å². The fourth-order valence-corrected chi connectivity index (χ4v) is 2.30. The quantitative estimate of drug-likeness (QED) is 0.915. The van der Waals surface area contributed by atoms with E-state index in [0.29, 0.717) is 0 Å². The molecule has 100 valence electrons. The Balaban J connectivity index is 2.68. The fourth-order valence-electron chi connectivity index (χ4n) is 2.30. The van der Waals surface area contributed by atoms with Gasteiger partial charge in [0.05, 0.1) is 11.1 Å². The van der Waals surface area contributed by atoms with Crippen LogP contribution in [0.25, 0.3) is 10.9 Å². The number of hydrogen-bond acceptors (Lipinski definition) is 3. The number of carboxylic acids is 1. The van der Waals surface area contributed by atoms with Crippen LogP contribution in [0.2, 0.25) is 0 Å². The highest BCUT2D eigenvalue weighted by Gasteiger charge is 2.11. The number of aromatic nitrogens is 1. The van der Waals surface area contributed by atoms with Crippen LogP contribution in [0.5, 0.6) is 0 Å². The van der Waals surface area contributed by atoms with E-state index in [2.05, 4.69) is 29.8 Å². The Morgan fingerprint density at radius 2 is 1.95 bits per heavy atom. The maximum absolute atomic E-state index is 11.0. The third kappa shape index (κ3) is 2.52. The van der Waals surface area contributed by atoms with E-state index in [4.69, 9.17) is 5.11 Å². The molecule has 0 fully saturated rings. The lowest BCUT2D eigenvalue weighted by atomic mass is 10.1. The number of pyridine rings is 1. The third-order valence-corrected chi connectivity index (χ3v) is 3.27. The van der Waals surface area contributed by atoms with Crippen LogP contribution in [0.4, 0.5) is 5.69 Å². The van der Waals surface area contributed by atoms with Crippen LogP contribution in [0.15, 0.2) is 24.3 Å². The third-order valence-electron chi connectivity index (χ3n) is 3.27. The van der Waals surface area contributed by atoms with Gasteiger partial charge in [0.2, 0.25) is 0 Å². The Morgan fingerprint density at radius 3 is 2.53 bits per heavy atom. The standard InChI is InChI=1S/C15H18N2O2/c1-4-17(5-2)14-8-10(3)16-13-9-11(15(18)19)6-7-12(13)14/h6-9H,4-5H2,1-3H3,(H,18,19). The highest BCUT2D eigenvalue weighted by molar-refractivity contribution is 5.97. The van der Waals surface area contributed by atoms with E-state index in [-0.39, 0.29) is 5.56 Å². The van der Waals surface area contributed by atoms with Crippen LogP contribution in [-0.2, 0) is 0 Å². The zero-order valence-corrected chi connectivity index (χ0v) is 11.5. The van der Waals surface area contributed by atoms with Crippen molar-refractivity contribution in [1.82, 2.24) is 4.98 Å². The summed E-state index contributed by atoms with van der Waals surface area (Å²) in [7, 11) is 0. The maximum Gasteiger partial charge on any atom is 0.335 e. The van der Waals surface area contributed by atoms with Crippen LogP contribution in [0.3, 0.4) is 0 Å². The molecule has 0 atom stereocenters. The Bertz CT molecular complexity index is 619. The number of nitrogens with zero attached hydrogens (tertiary/aromatic N) is 2. The molecule has 19 heavy (non-hydrogen) atoms. The van der Waals surface area contributed by atoms with Crippen molar-refractivity contribution in [1.29, 1.82) is 0 Å². The zero-order chi connectivity index (χ0) is 14.0. The van der Waals surface area contributed by atoms with Gasteiger partial charge in [0.25, 0.3) is 0 Å². The summed E-state index contributed by atoms with van der Waals surface area (Å²) in [5, 5.41) is 10.0. The first-order valence-electron chi connectivity index (χ1n) is 6.46. The molecular weight excluding hydrogens is 240 g/mol. The Morgan fingerprint density at radius 1 is 1.26 bits per heavy atom. The summed E-state index contributed by atoms with van der Waals surface area (Å²) >= 11 is 0. The first-order chi connectivity index (χ1) is 9.06. The summed E-state index contributed by atoms with van der Waals surface area (Å²) < 4.78 is 0. The van der Waals surface area contributed by atoms with Crippen molar-refractivity contribution in [2.75, 3.05) is 18.0 Å². The predicted molar refractivity (Wildman–Crippen MR) is 77.0 cm³/mol. The smallest absolute Gasteiger partial charge is 0.335 e. The van der Waals surface area contributed by atoms with E-state index >= 15 is 0 Å². The molecule has 0 bridgehead atoms. The number of anilines is 1. The van der Waals surface area contributed by atoms with Crippen LogP contribution in [-0.4, -0.2) is 29.1 Å². The second kappa shape index (κ2) is 5.26. The van der Waals surface area contributed by atoms with Gasteiger partial charge >= 0.3 is 5.97 Å². The van der Waals surface area contributed by atoms with Gasteiger partial charge in [-0.2, -0.15) is 0 Å². The van der Waals surface area contributed by atoms with E-state index in [9.17, 15) is 4.79 Å². The molecule has 1 aromatic carbocycles. The van der Waals surface area contributed by atoms with Crippen molar-refractivity contribution in [3.05, 3.63) is 35.5 Å². The van der Waals surface area contributed by atoms with Gasteiger partial charge in [0, 0.05) is 29.9 Å². The second-order valence-corrected chi connectivity index (χ2v) is 4.49. The maximum atomic E-state index is 11.0. The first kappa shape index (κ1) is 13.3. The van der Waals surface area contributed by atoms with Crippen molar-refractivity contribution in [3.8, 4) is 0 Å². The molecule has 0 saturated carbocycles. The van der Waals surface area contributed by atoms with E-state index < -0.39 is 5.97 Å². The summed E-state index contributed by atoms with van der Waals surface area (Å²) in [5.41, 5.74) is 3.03. The predicted octanol–water partition coefficient (Wildman–Crippen LogP) is 3.09. The summed E-state index contributed by atoms with van der Waals surface area (Å²) in [4.78, 5) is 17.7. The van der Waals surface area contributed by atoms with Gasteiger partial charge in [-0.1, -0.05) is 0 Å². The number of aromatic carboxylic acids is 1. The zero-order valence-electron chi connectivity index (χ0n) is 11.5. The monoisotopic (exact) mass is 258 g/mol. The number of rotatable bonds is 4. The lowest BCUT2D eigenvalue weighted by Gasteiger charge is -2.23. The number of aryl methyl sites for hydroxylation is 1. The van der Waals surface area contributed by atoms with E-state index in [1.54, 1.807) is 12.1 Å². The molecule has 4 heteroatoms. The van der Waals surface area contributed by atoms with Gasteiger partial charge in [-0.3, -0.25) is 4.98 Å². The van der Waals surface area contributed by atoms with Gasteiger partial charge < -0.3 is 10.0 Å². The van der Waals surface area contributed by atoms with Gasteiger partial charge in [-0.25, -0.2) is 4.79 Å². The van der Waals surface area contributed by atoms with Crippen LogP contribution in [0.1, 0.15) is 29.9 Å². The Kier molecular flexibility index (Phi) is 3.69. The lowest BCUT2D eigenvalue weighted by Crippen LogP contribution is -2.22. The molecule has 1 heterocycles. The molecule has 0 radical (unpaired) electrons. The highest BCUT2D eigenvalue weighted by Crippen LogP contribution is 2.27. The van der Waals surface area contributed by atoms with Crippen molar-refractivity contribution >= 4 is 22.6 Å². The highest BCUT2D eigenvalue weighted by atomic mass is 16.4. The minimum absolute atomic E-state index is 0.274. The number of carbonyl (C=O) groups is 1. The topological polar surface area (TPSA) is 53.4 Å². The summed E-state index contributed by atoms with van der Waals surface area (Å²) in [6, 6.07) is 7.17. The van der Waals surface area contributed by atoms with Crippen molar-refractivity contribution in [2.45, 2.75) is 20.8 Å². The van der Waals surface area contributed by atoms with Gasteiger partial charge in [-0.05, 0) is 45.0 Å². The average molecular weight is 258 g/mol. The molecule has 4 nitrogen and oxygen atoms in total. The van der Waals surface area contributed by atoms with Crippen LogP contribution < -0.4 is 4.90 Å². The summed E-state index contributed by atoms with van der Waals surface area (Å²) in [5.74, 6) is -0.922. The van der Waals surface area contributed by atoms with Gasteiger partial charge in [0.1, 0.15) is 0 Å². The molecule has 0 amide bonds. The second-order valence-electron chi connectivity index (χ2n) is 4.49. The van der Waals surface area contributed by atoms with Crippen LogP contribution >= 0.6 is 0 Å². The van der Waals surface area contributed by atoms with E-state index in [1.165, 1.54) is 0 Å². The molecule has 1 aromatic heterocycles. The number of hydrogen-bond donors (Lipinski definition) is 1. The molecule has 0 aliphatic heterocycles. The van der Waals surface area contributed by atoms with Crippen molar-refractivity contribution in [2.24, 2.45) is 0 Å². The molecule has 0 aliphatic carbocycles. The molecule has 1 N–H and O–H groups in total. The van der Waals surface area contributed by atoms with Crippen molar-refractivity contribution < 1.29 is 9.90 Å². The van der Waals surface area contributed by atoms with Gasteiger partial charge in [0.15, 0.2) is 0 Å². The SMILES string of the molecule is CCN(CC)c1cc(C)nc2cc(C(=O)O)ccc12. The normalized spacial score (nSPS) is 10.7. The molecule has 2 rings (SSSR count). The first-order valence-corrected chi connectivity index (χ1v) is 6.46. The number of carboxylic acid groups (broad SMARTS) is 1. The molecule has 0 spiro atoms. The molecule has 2 aromatic rings. The summed E-state index contributed by atoms with van der Waals surface area (Å²) in [6.45, 7) is 7.97. The average Bonchev–Trinajstić information content (AvgIpc) is 2.39. The Labute approximate surface area is 112 Å². The number of fused-ring (bicyclic) bond motifs is 1. The molecular formula is C15H18N2O2. The number of benzene rings is 1. The van der Waals surface area contributed by atoms with Crippen molar-refractivity contribution in [3.63, 3.8) is 0 Å². The van der Waals surface area contributed by atoms with Crippen LogP contribution in [0, 0.1) is 6.92 Å². The lowest BCUT2D eigenvalue weighted by molar-refractivity contribution is 0.0697. The molecule has 0 aliphatic rings. The Hall–Kier alpha value is -2.10. The largest absolute Gasteiger partial charge is 0.478 e. The fraction of sp³-hybridized carbons (Fsp3) is 0.333. The molecule has 0 saturated heterocycles. The minimum Gasteiger partial charge on any atom is -0.478 e. The minimum atomic E-state index is -0.922. The van der Waals surface area contributed by atoms with Gasteiger partial charge in [-0.15, -0.1) is 0 Å².